The van der Waals surface area contributed by atoms with Crippen LogP contribution in [-0.2, 0) is 7.05 Å². The summed E-state index contributed by atoms with van der Waals surface area (Å²) >= 11 is 3.36. The second kappa shape index (κ2) is 5.24. The van der Waals surface area contributed by atoms with E-state index in [1.165, 1.54) is 10.9 Å². The lowest BCUT2D eigenvalue weighted by Crippen LogP contribution is -2.16. The van der Waals surface area contributed by atoms with Gasteiger partial charge in [0.25, 0.3) is 5.91 Å². The van der Waals surface area contributed by atoms with Crippen LogP contribution < -0.4 is 5.32 Å². The first-order valence-electron chi connectivity index (χ1n) is 5.52. The van der Waals surface area contributed by atoms with Crippen molar-refractivity contribution in [3.8, 4) is 6.07 Å². The van der Waals surface area contributed by atoms with Crippen molar-refractivity contribution in [2.75, 3.05) is 5.32 Å². The Labute approximate surface area is 119 Å². The summed E-state index contributed by atoms with van der Waals surface area (Å²) in [6.07, 6.45) is 1.42. The van der Waals surface area contributed by atoms with Crippen LogP contribution in [0.5, 0.6) is 0 Å². The van der Waals surface area contributed by atoms with Crippen LogP contribution in [0.1, 0.15) is 21.5 Å². The number of hydrogen-bond acceptors (Lipinski definition) is 3. The SMILES string of the molecule is Cc1ccc(C(=O)Nc2c(C#N)cnn2C)c(Br)c1. The van der Waals surface area contributed by atoms with Crippen LogP contribution in [-0.4, -0.2) is 15.7 Å². The molecule has 96 valence electrons. The van der Waals surface area contributed by atoms with Gasteiger partial charge < -0.3 is 5.32 Å². The molecule has 1 amide bonds. The van der Waals surface area contributed by atoms with Gasteiger partial charge >= 0.3 is 0 Å². The van der Waals surface area contributed by atoms with E-state index in [4.69, 9.17) is 5.26 Å². The number of halogens is 1. The number of rotatable bonds is 2. The Morgan fingerprint density at radius 3 is 2.89 bits per heavy atom. The van der Waals surface area contributed by atoms with Gasteiger partial charge in [0.2, 0.25) is 0 Å². The zero-order chi connectivity index (χ0) is 14.0. The predicted molar refractivity (Wildman–Crippen MR) is 74.8 cm³/mol. The Kier molecular flexibility index (Phi) is 3.67. The number of benzene rings is 1. The lowest BCUT2D eigenvalue weighted by atomic mass is 10.1. The van der Waals surface area contributed by atoms with E-state index in [2.05, 4.69) is 26.3 Å². The Bertz CT molecular complexity index is 684. The third-order valence-electron chi connectivity index (χ3n) is 2.66. The number of nitriles is 1. The predicted octanol–water partition coefficient (Wildman–Crippen LogP) is 2.62. The lowest BCUT2D eigenvalue weighted by Gasteiger charge is -2.08. The molecule has 1 heterocycles. The van der Waals surface area contributed by atoms with Crippen LogP contribution in [0.2, 0.25) is 0 Å². The number of nitrogens with one attached hydrogen (secondary N) is 1. The Hall–Kier alpha value is -2.13. The van der Waals surface area contributed by atoms with E-state index in [-0.39, 0.29) is 5.91 Å². The summed E-state index contributed by atoms with van der Waals surface area (Å²) in [6, 6.07) is 7.44. The van der Waals surface area contributed by atoms with E-state index in [9.17, 15) is 4.79 Å². The van der Waals surface area contributed by atoms with Gasteiger partial charge in [-0.1, -0.05) is 6.07 Å². The topological polar surface area (TPSA) is 70.7 Å². The number of anilines is 1. The molecule has 5 nitrogen and oxygen atoms in total. The van der Waals surface area contributed by atoms with E-state index in [0.717, 1.165) is 5.56 Å². The smallest absolute Gasteiger partial charge is 0.257 e. The van der Waals surface area contributed by atoms with Gasteiger partial charge in [-0.15, -0.1) is 0 Å². The summed E-state index contributed by atoms with van der Waals surface area (Å²) in [6.45, 7) is 1.95. The van der Waals surface area contributed by atoms with Crippen molar-refractivity contribution in [1.29, 1.82) is 5.26 Å². The maximum atomic E-state index is 12.2. The fourth-order valence-electron chi connectivity index (χ4n) is 1.65. The number of carbonyl (C=O) groups is 1. The molecular weight excluding hydrogens is 308 g/mol. The zero-order valence-corrected chi connectivity index (χ0v) is 12.0. The number of nitrogens with zero attached hydrogens (tertiary/aromatic N) is 3. The fourth-order valence-corrected chi connectivity index (χ4v) is 2.32. The van der Waals surface area contributed by atoms with E-state index in [1.807, 2.05) is 25.1 Å². The molecule has 2 aromatic rings. The highest BCUT2D eigenvalue weighted by molar-refractivity contribution is 9.10. The number of amides is 1. The number of aromatic nitrogens is 2. The lowest BCUT2D eigenvalue weighted by molar-refractivity contribution is 0.102. The normalized spacial score (nSPS) is 10.0. The molecule has 0 spiro atoms. The third-order valence-corrected chi connectivity index (χ3v) is 3.32. The van der Waals surface area contributed by atoms with Gasteiger partial charge in [0.15, 0.2) is 0 Å². The number of carbonyl (C=O) groups excluding carboxylic acids is 1. The van der Waals surface area contributed by atoms with Crippen LogP contribution in [0.25, 0.3) is 0 Å². The molecule has 19 heavy (non-hydrogen) atoms. The van der Waals surface area contributed by atoms with Crippen LogP contribution in [0.15, 0.2) is 28.9 Å². The average molecular weight is 319 g/mol. The molecule has 0 fully saturated rings. The van der Waals surface area contributed by atoms with Crippen LogP contribution in [0, 0.1) is 18.3 Å². The van der Waals surface area contributed by atoms with E-state index in [1.54, 1.807) is 13.1 Å². The summed E-state index contributed by atoms with van der Waals surface area (Å²) in [7, 11) is 1.67. The largest absolute Gasteiger partial charge is 0.306 e. The van der Waals surface area contributed by atoms with Crippen molar-refractivity contribution >= 4 is 27.7 Å². The molecule has 0 aliphatic carbocycles. The first-order valence-corrected chi connectivity index (χ1v) is 6.32. The third kappa shape index (κ3) is 2.66. The standard InChI is InChI=1S/C13H11BrN4O/c1-8-3-4-10(11(14)5-8)13(19)17-12-9(6-15)7-16-18(12)2/h3-5,7H,1-2H3,(H,17,19). The second-order valence-corrected chi connectivity index (χ2v) is 4.93. The van der Waals surface area contributed by atoms with Crippen molar-refractivity contribution < 1.29 is 4.79 Å². The number of aryl methyl sites for hydroxylation is 2. The van der Waals surface area contributed by atoms with Crippen LogP contribution in [0.3, 0.4) is 0 Å². The molecule has 0 atom stereocenters. The summed E-state index contributed by atoms with van der Waals surface area (Å²) < 4.78 is 2.17. The highest BCUT2D eigenvalue weighted by Gasteiger charge is 2.15. The monoisotopic (exact) mass is 318 g/mol. The molecule has 1 aromatic heterocycles. The molecule has 0 saturated heterocycles. The molecule has 6 heteroatoms. The van der Waals surface area contributed by atoms with Crippen LogP contribution in [0.4, 0.5) is 5.82 Å². The van der Waals surface area contributed by atoms with Gasteiger partial charge in [-0.05, 0) is 40.5 Å². The van der Waals surface area contributed by atoms with Crippen molar-refractivity contribution in [1.82, 2.24) is 9.78 Å². The maximum Gasteiger partial charge on any atom is 0.257 e. The van der Waals surface area contributed by atoms with Gasteiger partial charge in [-0.3, -0.25) is 9.48 Å². The average Bonchev–Trinajstić information content (AvgIpc) is 2.70. The summed E-state index contributed by atoms with van der Waals surface area (Å²) in [5.74, 6) is 0.104. The van der Waals surface area contributed by atoms with Crippen molar-refractivity contribution in [3.05, 3.63) is 45.6 Å². The molecule has 2 rings (SSSR count). The van der Waals surface area contributed by atoms with Crippen molar-refractivity contribution in [3.63, 3.8) is 0 Å². The highest BCUT2D eigenvalue weighted by atomic mass is 79.9. The van der Waals surface area contributed by atoms with Gasteiger partial charge in [-0.25, -0.2) is 0 Å². The molecular formula is C13H11BrN4O. The minimum atomic E-state index is -0.285. The second-order valence-electron chi connectivity index (χ2n) is 4.08. The van der Waals surface area contributed by atoms with Crippen molar-refractivity contribution in [2.24, 2.45) is 7.05 Å². The van der Waals surface area contributed by atoms with Gasteiger partial charge in [0.1, 0.15) is 17.5 Å². The molecule has 0 unspecified atom stereocenters. The molecule has 0 aliphatic rings. The first kappa shape index (κ1) is 13.3. The minimum Gasteiger partial charge on any atom is -0.306 e. The molecule has 0 aliphatic heterocycles. The van der Waals surface area contributed by atoms with Gasteiger partial charge in [-0.2, -0.15) is 10.4 Å². The Morgan fingerprint density at radius 2 is 2.26 bits per heavy atom. The summed E-state index contributed by atoms with van der Waals surface area (Å²) in [5.41, 5.74) is 1.90. The zero-order valence-electron chi connectivity index (χ0n) is 10.4. The minimum absolute atomic E-state index is 0.285. The maximum absolute atomic E-state index is 12.2. The molecule has 1 N–H and O–H groups in total. The molecule has 1 aromatic carbocycles. The van der Waals surface area contributed by atoms with E-state index >= 15 is 0 Å². The number of hydrogen-bond donors (Lipinski definition) is 1. The van der Waals surface area contributed by atoms with E-state index < -0.39 is 0 Å². The first-order chi connectivity index (χ1) is 9.02. The Balaban J connectivity index is 2.31. The van der Waals surface area contributed by atoms with Gasteiger partial charge in [0, 0.05) is 11.5 Å². The molecule has 0 radical (unpaired) electrons. The summed E-state index contributed by atoms with van der Waals surface area (Å²) in [5, 5.41) is 15.6. The van der Waals surface area contributed by atoms with Gasteiger partial charge in [0.05, 0.1) is 11.8 Å². The summed E-state index contributed by atoms with van der Waals surface area (Å²) in [4.78, 5) is 12.2. The molecule has 0 saturated carbocycles. The fraction of sp³-hybridized carbons (Fsp3) is 0.154. The molecule has 0 bridgehead atoms. The van der Waals surface area contributed by atoms with Crippen molar-refractivity contribution in [2.45, 2.75) is 6.92 Å². The van der Waals surface area contributed by atoms with E-state index in [0.29, 0.717) is 21.4 Å². The van der Waals surface area contributed by atoms with Crippen LogP contribution >= 0.6 is 15.9 Å². The highest BCUT2D eigenvalue weighted by Crippen LogP contribution is 2.20. The Morgan fingerprint density at radius 1 is 1.53 bits per heavy atom. The quantitative estimate of drug-likeness (QED) is 0.925.